The second-order valence-corrected chi connectivity index (χ2v) is 6.77. The highest BCUT2D eigenvalue weighted by atomic mass is 16.7. The Labute approximate surface area is 157 Å². The molecule has 0 unspecified atom stereocenters. The van der Waals surface area contributed by atoms with E-state index in [1.807, 2.05) is 55.3 Å². The molecule has 7 heteroatoms. The van der Waals surface area contributed by atoms with Gasteiger partial charge < -0.3 is 14.8 Å². The smallest absolute Gasteiger partial charge is 0.244 e. The summed E-state index contributed by atoms with van der Waals surface area (Å²) in [6.45, 7) is 2.69. The molecular weight excluding hydrogens is 346 g/mol. The topological polar surface area (TPSA) is 71.1 Å². The van der Waals surface area contributed by atoms with Gasteiger partial charge in [-0.15, -0.1) is 0 Å². The minimum absolute atomic E-state index is 0.0258. The van der Waals surface area contributed by atoms with Crippen LogP contribution < -0.4 is 19.7 Å². The van der Waals surface area contributed by atoms with E-state index < -0.39 is 6.04 Å². The monoisotopic (exact) mass is 367 g/mol. The summed E-state index contributed by atoms with van der Waals surface area (Å²) in [6.07, 6.45) is 0. The van der Waals surface area contributed by atoms with Crippen molar-refractivity contribution >= 4 is 23.2 Å². The molecule has 2 aromatic carbocycles. The van der Waals surface area contributed by atoms with E-state index in [9.17, 15) is 9.59 Å². The van der Waals surface area contributed by atoms with Crippen molar-refractivity contribution in [3.63, 3.8) is 0 Å². The minimum Gasteiger partial charge on any atom is -0.454 e. The van der Waals surface area contributed by atoms with E-state index in [1.165, 1.54) is 0 Å². The van der Waals surface area contributed by atoms with Gasteiger partial charge in [-0.25, -0.2) is 0 Å². The zero-order chi connectivity index (χ0) is 19.0. The first-order valence-corrected chi connectivity index (χ1v) is 8.82. The van der Waals surface area contributed by atoms with Crippen molar-refractivity contribution in [1.29, 1.82) is 0 Å². The Bertz CT molecular complexity index is 899. The molecule has 0 bridgehead atoms. The lowest BCUT2D eigenvalue weighted by atomic mass is 10.1. The number of carbonyl (C=O) groups is 2. The molecule has 2 aromatic rings. The number of nitrogens with zero attached hydrogens (tertiary/aromatic N) is 2. The Morgan fingerprint density at radius 2 is 2.00 bits per heavy atom. The van der Waals surface area contributed by atoms with Crippen LogP contribution in [0.2, 0.25) is 0 Å². The molecule has 0 saturated carbocycles. The van der Waals surface area contributed by atoms with Crippen LogP contribution in [0.5, 0.6) is 11.5 Å². The van der Waals surface area contributed by atoms with Gasteiger partial charge in [-0.1, -0.05) is 18.2 Å². The number of anilines is 2. The summed E-state index contributed by atoms with van der Waals surface area (Å²) in [7, 11) is 1.89. The molecule has 0 fully saturated rings. The molecule has 2 aliphatic heterocycles. The number of likely N-dealkylation sites (N-methyl/N-ethyl adjacent to an activating group) is 1. The highest BCUT2D eigenvalue weighted by Gasteiger charge is 2.31. The average Bonchev–Trinajstić information content (AvgIpc) is 3.13. The fourth-order valence-corrected chi connectivity index (χ4v) is 3.31. The molecule has 0 aromatic heterocycles. The molecule has 140 valence electrons. The number of ether oxygens (including phenoxy) is 2. The molecule has 0 aliphatic carbocycles. The van der Waals surface area contributed by atoms with Gasteiger partial charge >= 0.3 is 0 Å². The van der Waals surface area contributed by atoms with E-state index in [-0.39, 0.29) is 25.2 Å². The lowest BCUT2D eigenvalue weighted by Crippen LogP contribution is -2.50. The van der Waals surface area contributed by atoms with Crippen molar-refractivity contribution in [1.82, 2.24) is 4.90 Å². The van der Waals surface area contributed by atoms with E-state index in [4.69, 9.17) is 9.47 Å². The second-order valence-electron chi connectivity index (χ2n) is 6.77. The molecule has 4 rings (SSSR count). The lowest BCUT2D eigenvalue weighted by molar-refractivity contribution is -0.125. The van der Waals surface area contributed by atoms with Crippen molar-refractivity contribution in [2.24, 2.45) is 0 Å². The first-order chi connectivity index (χ1) is 13.0. The third-order valence-corrected chi connectivity index (χ3v) is 4.92. The van der Waals surface area contributed by atoms with Gasteiger partial charge in [0, 0.05) is 6.54 Å². The predicted molar refractivity (Wildman–Crippen MR) is 101 cm³/mol. The number of amides is 2. The Morgan fingerprint density at radius 3 is 2.85 bits per heavy atom. The van der Waals surface area contributed by atoms with Crippen LogP contribution in [0.4, 0.5) is 11.4 Å². The maximum absolute atomic E-state index is 13.1. The average molecular weight is 367 g/mol. The molecule has 1 N–H and O–H groups in total. The number of rotatable bonds is 4. The van der Waals surface area contributed by atoms with Gasteiger partial charge in [0.25, 0.3) is 0 Å². The first-order valence-electron chi connectivity index (χ1n) is 8.82. The largest absolute Gasteiger partial charge is 0.454 e. The van der Waals surface area contributed by atoms with E-state index in [2.05, 4.69) is 5.32 Å². The van der Waals surface area contributed by atoms with Crippen LogP contribution in [-0.2, 0) is 16.1 Å². The van der Waals surface area contributed by atoms with E-state index >= 15 is 0 Å². The third kappa shape index (κ3) is 3.33. The second kappa shape index (κ2) is 6.92. The molecule has 2 heterocycles. The number of hydrogen-bond donors (Lipinski definition) is 1. The van der Waals surface area contributed by atoms with Crippen LogP contribution in [0.15, 0.2) is 42.5 Å². The summed E-state index contributed by atoms with van der Waals surface area (Å²) >= 11 is 0. The van der Waals surface area contributed by atoms with Crippen LogP contribution in [0.1, 0.15) is 12.5 Å². The van der Waals surface area contributed by atoms with Crippen molar-refractivity contribution in [3.8, 4) is 11.5 Å². The first kappa shape index (κ1) is 17.4. The van der Waals surface area contributed by atoms with Gasteiger partial charge in [-0.2, -0.15) is 0 Å². The van der Waals surface area contributed by atoms with Crippen molar-refractivity contribution < 1.29 is 19.1 Å². The Balaban J connectivity index is 1.49. The van der Waals surface area contributed by atoms with Gasteiger partial charge in [-0.05, 0) is 43.8 Å². The number of carbonyl (C=O) groups excluding carboxylic acids is 2. The molecule has 7 nitrogen and oxygen atoms in total. The molecular formula is C20H21N3O4. The van der Waals surface area contributed by atoms with E-state index in [1.54, 1.807) is 11.0 Å². The standard InChI is InChI=1S/C20H21N3O4/c1-13(22(2)10-14-7-8-17-18(9-14)27-12-26-17)20(25)23-11-19(24)21-15-5-3-4-6-16(15)23/h3-9,13H,10-12H2,1-2H3,(H,21,24)/t13-/m0/s1. The number of fused-ring (bicyclic) bond motifs is 2. The summed E-state index contributed by atoms with van der Waals surface area (Å²) in [5.74, 6) is 1.16. The number of benzene rings is 2. The van der Waals surface area contributed by atoms with Crippen molar-refractivity contribution in [2.75, 3.05) is 30.6 Å². The normalized spacial score (nSPS) is 16.1. The fourth-order valence-electron chi connectivity index (χ4n) is 3.31. The zero-order valence-electron chi connectivity index (χ0n) is 15.3. The van der Waals surface area contributed by atoms with Crippen molar-refractivity contribution in [3.05, 3.63) is 48.0 Å². The number of para-hydroxylation sites is 2. The van der Waals surface area contributed by atoms with Gasteiger partial charge in [0.1, 0.15) is 6.54 Å². The van der Waals surface area contributed by atoms with Crippen LogP contribution >= 0.6 is 0 Å². The maximum Gasteiger partial charge on any atom is 0.244 e. The van der Waals surface area contributed by atoms with Crippen LogP contribution in [0.25, 0.3) is 0 Å². The van der Waals surface area contributed by atoms with Gasteiger partial charge in [0.2, 0.25) is 18.6 Å². The SMILES string of the molecule is C[C@@H](C(=O)N1CC(=O)Nc2ccccc21)N(C)Cc1ccc2c(c1)OCO2. The highest BCUT2D eigenvalue weighted by Crippen LogP contribution is 2.33. The highest BCUT2D eigenvalue weighted by molar-refractivity contribution is 6.11. The predicted octanol–water partition coefficient (Wildman–Crippen LogP) is 2.22. The lowest BCUT2D eigenvalue weighted by Gasteiger charge is -2.33. The quantitative estimate of drug-likeness (QED) is 0.897. The molecule has 2 amide bonds. The maximum atomic E-state index is 13.1. The Hall–Kier alpha value is -3.06. The summed E-state index contributed by atoms with van der Waals surface area (Å²) in [4.78, 5) is 28.6. The van der Waals surface area contributed by atoms with E-state index in [0.29, 0.717) is 12.2 Å². The molecule has 0 saturated heterocycles. The number of nitrogens with one attached hydrogen (secondary N) is 1. The summed E-state index contributed by atoms with van der Waals surface area (Å²) in [5, 5.41) is 2.80. The van der Waals surface area contributed by atoms with Crippen LogP contribution in [0, 0.1) is 0 Å². The molecule has 2 aliphatic rings. The fraction of sp³-hybridized carbons (Fsp3) is 0.300. The van der Waals surface area contributed by atoms with Crippen molar-refractivity contribution in [2.45, 2.75) is 19.5 Å². The summed E-state index contributed by atoms with van der Waals surface area (Å²) in [5.41, 5.74) is 2.41. The zero-order valence-corrected chi connectivity index (χ0v) is 15.3. The summed E-state index contributed by atoms with van der Waals surface area (Å²) in [6, 6.07) is 12.7. The molecule has 0 radical (unpaired) electrons. The van der Waals surface area contributed by atoms with E-state index in [0.717, 1.165) is 22.7 Å². The van der Waals surface area contributed by atoms with Crippen LogP contribution in [-0.4, -0.2) is 43.1 Å². The minimum atomic E-state index is -0.394. The molecule has 1 atom stereocenters. The third-order valence-electron chi connectivity index (χ3n) is 4.92. The van der Waals surface area contributed by atoms with Gasteiger partial charge in [0.15, 0.2) is 11.5 Å². The van der Waals surface area contributed by atoms with Crippen LogP contribution in [0.3, 0.4) is 0 Å². The Morgan fingerprint density at radius 1 is 1.22 bits per heavy atom. The molecule has 0 spiro atoms. The molecule has 27 heavy (non-hydrogen) atoms. The Kier molecular flexibility index (Phi) is 4.45. The van der Waals surface area contributed by atoms with Gasteiger partial charge in [-0.3, -0.25) is 19.4 Å². The summed E-state index contributed by atoms with van der Waals surface area (Å²) < 4.78 is 10.7. The van der Waals surface area contributed by atoms with Gasteiger partial charge in [0.05, 0.1) is 17.4 Å². The number of hydrogen-bond acceptors (Lipinski definition) is 5.